The third-order valence-corrected chi connectivity index (χ3v) is 8.08. The summed E-state index contributed by atoms with van der Waals surface area (Å²) in [7, 11) is -3.40. The van der Waals surface area contributed by atoms with Crippen LogP contribution in [0.1, 0.15) is 37.7 Å². The number of para-hydroxylation sites is 2. The standard InChI is InChI=1S/C26H27N3O2S/c30-32(31,23-14-5-2-6-15-23)28-22-13-9-12-21(18-22)26-27-24-16-7-8-17-25(24)29(26)19-20-10-3-1-4-11-20/h1,3-4,7-13,16-18,23,28H,2,5-6,14-15,19H2. The Bertz CT molecular complexity index is 1320. The molecule has 32 heavy (non-hydrogen) atoms. The lowest BCUT2D eigenvalue weighted by atomic mass is 10.0. The average Bonchev–Trinajstić information content (AvgIpc) is 3.19. The van der Waals surface area contributed by atoms with Crippen molar-refractivity contribution < 1.29 is 8.42 Å². The van der Waals surface area contributed by atoms with E-state index < -0.39 is 10.0 Å². The molecular formula is C26H27N3O2S. The molecule has 1 fully saturated rings. The highest BCUT2D eigenvalue weighted by Crippen LogP contribution is 2.29. The van der Waals surface area contributed by atoms with Gasteiger partial charge >= 0.3 is 0 Å². The van der Waals surface area contributed by atoms with Crippen molar-refractivity contribution in [1.29, 1.82) is 0 Å². The van der Waals surface area contributed by atoms with Crippen LogP contribution in [0.4, 0.5) is 5.69 Å². The van der Waals surface area contributed by atoms with Gasteiger partial charge in [0.25, 0.3) is 0 Å². The maximum atomic E-state index is 12.9. The van der Waals surface area contributed by atoms with Crippen LogP contribution in [0.3, 0.4) is 0 Å². The van der Waals surface area contributed by atoms with Gasteiger partial charge in [0.1, 0.15) is 5.82 Å². The Morgan fingerprint density at radius 1 is 0.875 bits per heavy atom. The molecule has 0 aliphatic heterocycles. The van der Waals surface area contributed by atoms with Crippen molar-refractivity contribution in [2.45, 2.75) is 43.9 Å². The number of hydrogen-bond donors (Lipinski definition) is 1. The molecule has 5 rings (SSSR count). The monoisotopic (exact) mass is 445 g/mol. The van der Waals surface area contributed by atoms with E-state index in [2.05, 4.69) is 27.5 Å². The third kappa shape index (κ3) is 4.28. The van der Waals surface area contributed by atoms with Gasteiger partial charge in [0.15, 0.2) is 0 Å². The molecule has 5 nitrogen and oxygen atoms in total. The molecule has 0 spiro atoms. The molecular weight excluding hydrogens is 418 g/mol. The second kappa shape index (κ2) is 8.79. The second-order valence-corrected chi connectivity index (χ2v) is 10.4. The molecule has 164 valence electrons. The Hall–Kier alpha value is -3.12. The van der Waals surface area contributed by atoms with Gasteiger partial charge < -0.3 is 4.57 Å². The minimum atomic E-state index is -3.40. The van der Waals surface area contributed by atoms with Crippen LogP contribution in [0.5, 0.6) is 0 Å². The number of imidazole rings is 1. The zero-order chi connectivity index (χ0) is 22.0. The zero-order valence-corrected chi connectivity index (χ0v) is 18.8. The lowest BCUT2D eigenvalue weighted by Crippen LogP contribution is -2.29. The van der Waals surface area contributed by atoms with Crippen LogP contribution in [-0.4, -0.2) is 23.2 Å². The van der Waals surface area contributed by atoms with Crippen LogP contribution in [0.15, 0.2) is 78.9 Å². The van der Waals surface area contributed by atoms with Crippen molar-refractivity contribution in [3.05, 3.63) is 84.4 Å². The lowest BCUT2D eigenvalue weighted by Gasteiger charge is -2.22. The van der Waals surface area contributed by atoms with Gasteiger partial charge in [-0.05, 0) is 42.7 Å². The Kier molecular flexibility index (Phi) is 5.70. The minimum Gasteiger partial charge on any atom is -0.319 e. The SMILES string of the molecule is O=S(=O)(Nc1cccc(-c2nc3ccccc3n2Cc2ccccc2)c1)C1CCCCC1. The van der Waals surface area contributed by atoms with Crippen LogP contribution in [0, 0.1) is 0 Å². The van der Waals surface area contributed by atoms with E-state index in [4.69, 9.17) is 4.98 Å². The summed E-state index contributed by atoms with van der Waals surface area (Å²) in [6.07, 6.45) is 4.56. The van der Waals surface area contributed by atoms with Gasteiger partial charge in [-0.1, -0.05) is 73.9 Å². The molecule has 0 unspecified atom stereocenters. The predicted molar refractivity (Wildman–Crippen MR) is 130 cm³/mol. The van der Waals surface area contributed by atoms with E-state index in [1.807, 2.05) is 60.7 Å². The van der Waals surface area contributed by atoms with Gasteiger partial charge in [-0.15, -0.1) is 0 Å². The molecule has 0 bridgehead atoms. The summed E-state index contributed by atoms with van der Waals surface area (Å²) in [6.45, 7) is 0.689. The third-order valence-electron chi connectivity index (χ3n) is 6.21. The molecule has 0 amide bonds. The van der Waals surface area contributed by atoms with Crippen LogP contribution < -0.4 is 4.72 Å². The number of fused-ring (bicyclic) bond motifs is 1. The van der Waals surface area contributed by atoms with Crippen LogP contribution >= 0.6 is 0 Å². The molecule has 1 aliphatic rings. The number of nitrogens with one attached hydrogen (secondary N) is 1. The van der Waals surface area contributed by atoms with E-state index in [9.17, 15) is 8.42 Å². The molecule has 1 N–H and O–H groups in total. The van der Waals surface area contributed by atoms with Gasteiger partial charge in [0.2, 0.25) is 10.0 Å². The molecule has 1 heterocycles. The largest absolute Gasteiger partial charge is 0.319 e. The maximum absolute atomic E-state index is 12.9. The summed E-state index contributed by atoms with van der Waals surface area (Å²) in [5, 5.41) is -0.303. The van der Waals surface area contributed by atoms with Gasteiger partial charge in [-0.25, -0.2) is 13.4 Å². The Labute approximate surface area is 189 Å². The minimum absolute atomic E-state index is 0.303. The van der Waals surface area contributed by atoms with Crippen molar-refractivity contribution in [1.82, 2.24) is 9.55 Å². The van der Waals surface area contributed by atoms with Crippen molar-refractivity contribution in [3.8, 4) is 11.4 Å². The summed E-state index contributed by atoms with van der Waals surface area (Å²) in [6, 6.07) is 26.0. The number of sulfonamides is 1. The lowest BCUT2D eigenvalue weighted by molar-refractivity contribution is 0.486. The number of hydrogen-bond acceptors (Lipinski definition) is 3. The van der Waals surface area contributed by atoms with Gasteiger partial charge in [-0.3, -0.25) is 4.72 Å². The highest BCUT2D eigenvalue weighted by Gasteiger charge is 2.27. The van der Waals surface area contributed by atoms with E-state index in [1.165, 1.54) is 5.56 Å². The first kappa shape index (κ1) is 20.8. The average molecular weight is 446 g/mol. The maximum Gasteiger partial charge on any atom is 0.235 e. The molecule has 1 aromatic heterocycles. The van der Waals surface area contributed by atoms with Crippen LogP contribution in [0.25, 0.3) is 22.4 Å². The summed E-state index contributed by atoms with van der Waals surface area (Å²) in [4.78, 5) is 4.89. The summed E-state index contributed by atoms with van der Waals surface area (Å²) in [5.74, 6) is 0.828. The molecule has 0 saturated heterocycles. The van der Waals surface area contributed by atoms with Crippen molar-refractivity contribution in [2.24, 2.45) is 0 Å². The fraction of sp³-hybridized carbons (Fsp3) is 0.269. The molecule has 4 aromatic rings. The molecule has 0 radical (unpaired) electrons. The molecule has 3 aromatic carbocycles. The number of rotatable bonds is 6. The van der Waals surface area contributed by atoms with E-state index >= 15 is 0 Å². The topological polar surface area (TPSA) is 64.0 Å². The van der Waals surface area contributed by atoms with Crippen molar-refractivity contribution >= 4 is 26.7 Å². The summed E-state index contributed by atoms with van der Waals surface area (Å²) < 4.78 is 30.9. The Balaban J connectivity index is 1.51. The van der Waals surface area contributed by atoms with E-state index in [-0.39, 0.29) is 5.25 Å². The van der Waals surface area contributed by atoms with E-state index in [1.54, 1.807) is 0 Å². The molecule has 0 atom stereocenters. The Morgan fingerprint density at radius 3 is 2.44 bits per heavy atom. The molecule has 6 heteroatoms. The number of nitrogens with zero attached hydrogens (tertiary/aromatic N) is 2. The smallest absolute Gasteiger partial charge is 0.235 e. The van der Waals surface area contributed by atoms with Crippen LogP contribution in [-0.2, 0) is 16.6 Å². The van der Waals surface area contributed by atoms with Gasteiger partial charge in [-0.2, -0.15) is 0 Å². The number of benzene rings is 3. The van der Waals surface area contributed by atoms with Crippen molar-refractivity contribution in [3.63, 3.8) is 0 Å². The second-order valence-electron chi connectivity index (χ2n) is 8.48. The first-order chi connectivity index (χ1) is 15.6. The Morgan fingerprint density at radius 2 is 1.62 bits per heavy atom. The van der Waals surface area contributed by atoms with E-state index in [0.29, 0.717) is 12.2 Å². The first-order valence-corrected chi connectivity index (χ1v) is 12.8. The number of aromatic nitrogens is 2. The fourth-order valence-corrected chi connectivity index (χ4v) is 6.14. The highest BCUT2D eigenvalue weighted by molar-refractivity contribution is 7.93. The summed E-state index contributed by atoms with van der Waals surface area (Å²) in [5.41, 5.74) is 4.64. The van der Waals surface area contributed by atoms with Gasteiger partial charge in [0, 0.05) is 17.8 Å². The molecule has 1 aliphatic carbocycles. The normalized spacial score (nSPS) is 15.1. The number of anilines is 1. The van der Waals surface area contributed by atoms with Crippen LogP contribution in [0.2, 0.25) is 0 Å². The van der Waals surface area contributed by atoms with Gasteiger partial charge in [0.05, 0.1) is 16.3 Å². The zero-order valence-electron chi connectivity index (χ0n) is 17.9. The van der Waals surface area contributed by atoms with Crippen molar-refractivity contribution in [2.75, 3.05) is 4.72 Å². The highest BCUT2D eigenvalue weighted by atomic mass is 32.2. The quantitative estimate of drug-likeness (QED) is 0.406. The first-order valence-electron chi connectivity index (χ1n) is 11.2. The fourth-order valence-electron chi connectivity index (χ4n) is 4.57. The molecule has 1 saturated carbocycles. The summed E-state index contributed by atoms with van der Waals surface area (Å²) >= 11 is 0. The predicted octanol–water partition coefficient (Wildman–Crippen LogP) is 5.83. The van der Waals surface area contributed by atoms with E-state index in [0.717, 1.165) is 54.5 Å².